The topological polar surface area (TPSA) is 180 Å². The van der Waals surface area contributed by atoms with Gasteiger partial charge in [0.2, 0.25) is 0 Å². The van der Waals surface area contributed by atoms with Gasteiger partial charge in [0.25, 0.3) is 0 Å². The molecule has 14 heteroatoms. The molecule has 3 heterocycles. The Morgan fingerprint density at radius 1 is 0.873 bits per heavy atom. The van der Waals surface area contributed by atoms with Crippen LogP contribution in [0.4, 0.5) is 5.82 Å². The van der Waals surface area contributed by atoms with E-state index in [0.717, 1.165) is 24.0 Å². The summed E-state index contributed by atoms with van der Waals surface area (Å²) >= 11 is 0. The van der Waals surface area contributed by atoms with Crippen LogP contribution in [-0.2, 0) is 40.0 Å². The molecule has 1 fully saturated rings. The maximum Gasteiger partial charge on any atom is 0.472 e. The van der Waals surface area contributed by atoms with Crippen LogP contribution in [0.15, 0.2) is 42.7 Å². The Bertz CT molecular complexity index is 1560. The highest BCUT2D eigenvalue weighted by Crippen LogP contribution is 2.46. The van der Waals surface area contributed by atoms with Crippen LogP contribution in [0.25, 0.3) is 5.52 Å². The first-order valence-electron chi connectivity index (χ1n) is 20.5. The van der Waals surface area contributed by atoms with Crippen molar-refractivity contribution in [3.8, 4) is 0 Å². The third-order valence-electron chi connectivity index (χ3n) is 10.5. The number of fused-ring (bicyclic) bond motifs is 1. The number of nitrogen functional groups attached to an aromatic ring is 1. The number of phosphoric ester groups is 1. The fourth-order valence-corrected chi connectivity index (χ4v) is 7.81. The maximum atomic E-state index is 13.0. The van der Waals surface area contributed by atoms with E-state index in [4.69, 9.17) is 29.0 Å². The van der Waals surface area contributed by atoms with Gasteiger partial charge in [-0.05, 0) is 38.0 Å². The molecule has 0 amide bonds. The van der Waals surface area contributed by atoms with Crippen molar-refractivity contribution in [3.05, 3.63) is 59.5 Å². The summed E-state index contributed by atoms with van der Waals surface area (Å²) in [4.78, 5) is 14.6. The summed E-state index contributed by atoms with van der Waals surface area (Å²) in [5.41, 5.74) is 7.54. The second-order valence-corrected chi connectivity index (χ2v) is 16.7. The first-order chi connectivity index (χ1) is 26.5. The van der Waals surface area contributed by atoms with Gasteiger partial charge >= 0.3 is 7.82 Å². The number of hydrogen-bond donors (Lipinski definition) is 4. The van der Waals surface area contributed by atoms with Crippen LogP contribution in [0.5, 0.6) is 0 Å². The highest BCUT2D eigenvalue weighted by Gasteiger charge is 2.54. The molecule has 1 saturated heterocycles. The van der Waals surface area contributed by atoms with E-state index in [2.05, 4.69) is 17.0 Å². The van der Waals surface area contributed by atoms with Crippen LogP contribution in [0.2, 0.25) is 0 Å². The number of nitrogens with zero attached hydrogens (tertiary/aromatic N) is 3. The molecule has 0 spiro atoms. The van der Waals surface area contributed by atoms with Crippen LogP contribution < -0.4 is 5.73 Å². The van der Waals surface area contributed by atoms with Gasteiger partial charge in [-0.15, -0.1) is 0 Å². The second kappa shape index (κ2) is 23.7. The Kier molecular flexibility index (Phi) is 19.5. The smallest absolute Gasteiger partial charge is 0.387 e. The molecule has 3 aromatic rings. The Morgan fingerprint density at radius 2 is 1.47 bits per heavy atom. The monoisotopic (exact) mass is 790 g/mol. The Hall–Kier alpha value is -2.45. The van der Waals surface area contributed by atoms with Crippen LogP contribution in [0.3, 0.4) is 0 Å². The summed E-state index contributed by atoms with van der Waals surface area (Å²) in [6.07, 6.45) is 17.5. The van der Waals surface area contributed by atoms with Crippen molar-refractivity contribution in [2.75, 3.05) is 32.2 Å². The van der Waals surface area contributed by atoms with Gasteiger partial charge in [-0.3, -0.25) is 9.05 Å². The second-order valence-electron chi connectivity index (χ2n) is 15.2. The summed E-state index contributed by atoms with van der Waals surface area (Å²) in [7, 11) is -4.62. The van der Waals surface area contributed by atoms with E-state index in [1.165, 1.54) is 101 Å². The van der Waals surface area contributed by atoms with E-state index >= 15 is 0 Å². The molecule has 2 aromatic heterocycles. The molecule has 310 valence electrons. The van der Waals surface area contributed by atoms with E-state index in [-0.39, 0.29) is 25.6 Å². The van der Waals surface area contributed by atoms with Crippen LogP contribution in [0, 0.1) is 6.92 Å². The number of aromatic nitrogens is 3. The van der Waals surface area contributed by atoms with Crippen molar-refractivity contribution >= 4 is 19.2 Å². The summed E-state index contributed by atoms with van der Waals surface area (Å²) in [5, 5.41) is 26.0. The summed E-state index contributed by atoms with van der Waals surface area (Å²) in [6.45, 7) is 6.10. The first kappa shape index (κ1) is 45.3. The Morgan fingerprint density at radius 3 is 2.09 bits per heavy atom. The van der Waals surface area contributed by atoms with E-state index in [1.54, 1.807) is 19.1 Å². The molecule has 1 unspecified atom stereocenters. The molecule has 1 aliphatic heterocycles. The molecule has 5 N–H and O–H groups in total. The number of phosphoric acid groups is 1. The summed E-state index contributed by atoms with van der Waals surface area (Å²) < 4.78 is 43.1. The maximum absolute atomic E-state index is 13.0. The number of rotatable bonds is 29. The van der Waals surface area contributed by atoms with Gasteiger partial charge < -0.3 is 35.1 Å². The van der Waals surface area contributed by atoms with Crippen molar-refractivity contribution in [3.63, 3.8) is 0 Å². The third kappa shape index (κ3) is 14.8. The van der Waals surface area contributed by atoms with Crippen molar-refractivity contribution in [2.24, 2.45) is 0 Å². The van der Waals surface area contributed by atoms with Gasteiger partial charge in [-0.25, -0.2) is 14.1 Å². The van der Waals surface area contributed by atoms with Crippen molar-refractivity contribution in [1.29, 1.82) is 0 Å². The van der Waals surface area contributed by atoms with Crippen molar-refractivity contribution in [1.82, 2.24) is 14.6 Å². The minimum Gasteiger partial charge on any atom is -0.387 e. The number of benzene rings is 1. The zero-order chi connectivity index (χ0) is 39.5. The Labute approximate surface area is 327 Å². The lowest BCUT2D eigenvalue weighted by Gasteiger charge is -2.27. The lowest BCUT2D eigenvalue weighted by Crippen LogP contribution is -2.39. The van der Waals surface area contributed by atoms with E-state index in [0.29, 0.717) is 17.8 Å². The zero-order valence-electron chi connectivity index (χ0n) is 33.4. The number of aryl methyl sites for hydroxylation is 1. The summed E-state index contributed by atoms with van der Waals surface area (Å²) in [6, 6.07) is 11.3. The molecule has 0 aliphatic carbocycles. The number of ether oxygens (including phenoxy) is 3. The van der Waals surface area contributed by atoms with Gasteiger partial charge in [0, 0.05) is 6.61 Å². The highest BCUT2D eigenvalue weighted by atomic mass is 31.2. The number of aliphatic hydroxyl groups is 2. The Balaban J connectivity index is 1.15. The van der Waals surface area contributed by atoms with Crippen LogP contribution in [0.1, 0.15) is 133 Å². The average Bonchev–Trinajstić information content (AvgIpc) is 3.71. The number of nitrogens with two attached hydrogens (primary N) is 1. The number of anilines is 1. The van der Waals surface area contributed by atoms with Crippen molar-refractivity contribution < 1.29 is 42.9 Å². The third-order valence-corrected chi connectivity index (χ3v) is 11.5. The fourth-order valence-electron chi connectivity index (χ4n) is 7.05. The molecule has 4 rings (SSSR count). The molecular weight excluding hydrogens is 723 g/mol. The lowest BCUT2D eigenvalue weighted by atomic mass is 9.93. The largest absolute Gasteiger partial charge is 0.472 e. The van der Waals surface area contributed by atoms with Gasteiger partial charge in [0.05, 0.1) is 32.1 Å². The first-order valence-corrected chi connectivity index (χ1v) is 22.0. The molecule has 0 saturated carbocycles. The normalized spacial score (nSPS) is 21.7. The zero-order valence-corrected chi connectivity index (χ0v) is 34.3. The van der Waals surface area contributed by atoms with Crippen LogP contribution in [-0.4, -0.2) is 80.5 Å². The summed E-state index contributed by atoms with van der Waals surface area (Å²) in [5.74, 6) is 0.239. The number of aliphatic hydroxyl groups excluding tert-OH is 2. The average molecular weight is 791 g/mol. The molecule has 55 heavy (non-hydrogen) atoms. The molecule has 0 radical (unpaired) electrons. The predicted octanol–water partition coefficient (Wildman–Crippen LogP) is 7.95. The van der Waals surface area contributed by atoms with Gasteiger partial charge in [-0.2, -0.15) is 5.10 Å². The number of hydrogen-bond acceptors (Lipinski definition) is 11. The van der Waals surface area contributed by atoms with Gasteiger partial charge in [-0.1, -0.05) is 133 Å². The minimum atomic E-state index is -4.62. The molecule has 13 nitrogen and oxygen atoms in total. The molecular formula is C41H67N4O9P. The van der Waals surface area contributed by atoms with Crippen molar-refractivity contribution in [2.45, 2.75) is 160 Å². The molecule has 1 aliphatic rings. The number of unbranched alkanes of at least 4 members (excludes halogenated alkanes) is 15. The SMILES string of the molecule is CCCCCCCCCCCCCCCCCCOC[C@H](COP(=O)(O)OC[C@H]1O[C@@](C)(c2ccc3c(N)ncnn23)[C@H](O)[C@@H]1O)OCc1ccc(C)cc1. The molecule has 0 bridgehead atoms. The molecule has 6 atom stereocenters. The highest BCUT2D eigenvalue weighted by molar-refractivity contribution is 7.47. The standard InChI is InChI=1S/C41H67N4O9P/c1-4-5-6-7-8-9-10-11-12-13-14-15-16-17-18-19-26-50-28-34(51-27-33-22-20-32(2)21-23-33)29-52-55(48,49)53-30-36-38(46)39(47)41(3,54-36)37-25-24-35-40(42)43-31-44-45(35)37/h20-25,31,34,36,38-39,46-47H,4-19,26-30H2,1-3H3,(H,48,49)(H2,42,43,44)/t34-,36-,38-,39-,41+/m1/s1. The van der Waals surface area contributed by atoms with Gasteiger partial charge in [0.1, 0.15) is 41.9 Å². The molecule has 1 aromatic carbocycles. The minimum absolute atomic E-state index is 0.180. The lowest BCUT2D eigenvalue weighted by molar-refractivity contribution is -0.0901. The predicted molar refractivity (Wildman–Crippen MR) is 213 cm³/mol. The fraction of sp³-hybridized carbons (Fsp3) is 0.707. The quantitative estimate of drug-likeness (QED) is 0.0394. The van der Waals surface area contributed by atoms with E-state index in [1.807, 2.05) is 31.2 Å². The van der Waals surface area contributed by atoms with Crippen LogP contribution >= 0.6 is 7.82 Å². The van der Waals surface area contributed by atoms with E-state index < -0.39 is 44.4 Å². The van der Waals surface area contributed by atoms with E-state index in [9.17, 15) is 19.7 Å². The van der Waals surface area contributed by atoms with Gasteiger partial charge in [0.15, 0.2) is 5.82 Å².